The van der Waals surface area contributed by atoms with Crippen LogP contribution in [0.2, 0.25) is 0 Å². The number of carbonyl (C=O) groups excluding carboxylic acids is 1. The molecule has 0 radical (unpaired) electrons. The van der Waals surface area contributed by atoms with Gasteiger partial charge in [-0.1, -0.05) is 12.1 Å². The lowest BCUT2D eigenvalue weighted by Crippen LogP contribution is -2.33. The molecule has 2 N–H and O–H groups in total. The third-order valence-corrected chi connectivity index (χ3v) is 4.58. The molecule has 3 heterocycles. The largest absolute Gasteiger partial charge is 0.490 e. The molecule has 2 aliphatic heterocycles. The van der Waals surface area contributed by atoms with Crippen LogP contribution in [0.4, 0.5) is 4.39 Å². The number of rotatable bonds is 3. The molecule has 126 valence electrons. The smallest absolute Gasteiger partial charge is 0.255 e. The molecule has 24 heavy (non-hydrogen) atoms. The van der Waals surface area contributed by atoms with Gasteiger partial charge in [0.15, 0.2) is 11.6 Å². The van der Waals surface area contributed by atoms with Crippen LogP contribution < -0.4 is 10.1 Å². The fourth-order valence-corrected chi connectivity index (χ4v) is 3.32. The zero-order valence-electron chi connectivity index (χ0n) is 13.0. The second-order valence-electron chi connectivity index (χ2n) is 6.08. The van der Waals surface area contributed by atoms with Gasteiger partial charge in [-0.15, -0.1) is 0 Å². The Kier molecular flexibility index (Phi) is 3.93. The van der Waals surface area contributed by atoms with Crippen LogP contribution in [0.25, 0.3) is 0 Å². The average Bonchev–Trinajstić information content (AvgIpc) is 3.27. The number of carbonyl (C=O) groups is 1. The van der Waals surface area contributed by atoms with Crippen molar-refractivity contribution >= 4 is 5.91 Å². The number of nitrogens with one attached hydrogen (secondary N) is 2. The van der Waals surface area contributed by atoms with Gasteiger partial charge in [-0.2, -0.15) is 5.10 Å². The maximum Gasteiger partial charge on any atom is 0.255 e. The van der Waals surface area contributed by atoms with Crippen LogP contribution in [0.15, 0.2) is 24.4 Å². The van der Waals surface area contributed by atoms with E-state index >= 15 is 0 Å². The van der Waals surface area contributed by atoms with Crippen molar-refractivity contribution in [1.29, 1.82) is 0 Å². The third-order valence-electron chi connectivity index (χ3n) is 4.58. The van der Waals surface area contributed by atoms with Crippen LogP contribution in [0.1, 0.15) is 46.4 Å². The van der Waals surface area contributed by atoms with E-state index in [2.05, 4.69) is 15.5 Å². The van der Waals surface area contributed by atoms with Gasteiger partial charge in [0, 0.05) is 24.5 Å². The highest BCUT2D eigenvalue weighted by Gasteiger charge is 2.29. The molecular formula is C17H18FN3O3. The zero-order chi connectivity index (χ0) is 16.5. The molecule has 2 aromatic rings. The summed E-state index contributed by atoms with van der Waals surface area (Å²) >= 11 is 0. The van der Waals surface area contributed by atoms with E-state index in [0.717, 1.165) is 12.1 Å². The number of nitrogens with zero attached hydrogens (tertiary/aromatic N) is 1. The highest BCUT2D eigenvalue weighted by Crippen LogP contribution is 2.34. The molecule has 7 heteroatoms. The zero-order valence-corrected chi connectivity index (χ0v) is 13.0. The second kappa shape index (κ2) is 6.24. The number of amides is 1. The highest BCUT2D eigenvalue weighted by atomic mass is 19.1. The fraction of sp³-hybridized carbons (Fsp3) is 0.412. The summed E-state index contributed by atoms with van der Waals surface area (Å²) in [6.45, 7) is 1.65. The SMILES string of the molecule is O=C(NC1CCOc2c(F)cccc21)c1cn[nH]c1C1CCOC1. The number of aromatic amines is 1. The standard InChI is InChI=1S/C17H18FN3O3/c18-13-3-1-2-11-14(5-7-24-16(11)13)20-17(22)12-8-19-21-15(12)10-4-6-23-9-10/h1-3,8,10,14H,4-7,9H2,(H,19,21)(H,20,22). The number of aromatic nitrogens is 2. The van der Waals surface area contributed by atoms with Crippen molar-refractivity contribution in [2.24, 2.45) is 0 Å². The van der Waals surface area contributed by atoms with E-state index in [1.54, 1.807) is 12.1 Å². The quantitative estimate of drug-likeness (QED) is 0.905. The Morgan fingerprint density at radius 3 is 3.08 bits per heavy atom. The van der Waals surface area contributed by atoms with E-state index in [1.165, 1.54) is 12.3 Å². The van der Waals surface area contributed by atoms with Gasteiger partial charge in [0.2, 0.25) is 0 Å². The van der Waals surface area contributed by atoms with E-state index in [0.29, 0.717) is 37.4 Å². The van der Waals surface area contributed by atoms with Crippen LogP contribution in [0.5, 0.6) is 5.75 Å². The maximum absolute atomic E-state index is 13.9. The third kappa shape index (κ3) is 2.65. The Morgan fingerprint density at radius 2 is 2.25 bits per heavy atom. The molecule has 1 saturated heterocycles. The Hall–Kier alpha value is -2.41. The predicted octanol–water partition coefficient (Wildman–Crippen LogP) is 2.31. The number of fused-ring (bicyclic) bond motifs is 1. The number of hydrogen-bond donors (Lipinski definition) is 2. The summed E-state index contributed by atoms with van der Waals surface area (Å²) in [7, 11) is 0. The predicted molar refractivity (Wildman–Crippen MR) is 83.5 cm³/mol. The summed E-state index contributed by atoms with van der Waals surface area (Å²) in [6.07, 6.45) is 3.00. The topological polar surface area (TPSA) is 76.2 Å². The number of benzene rings is 1. The molecule has 6 nitrogen and oxygen atoms in total. The lowest BCUT2D eigenvalue weighted by Gasteiger charge is -2.27. The number of para-hydroxylation sites is 1. The van der Waals surface area contributed by atoms with Crippen molar-refractivity contribution < 1.29 is 18.7 Å². The van der Waals surface area contributed by atoms with Gasteiger partial charge in [-0.25, -0.2) is 4.39 Å². The molecule has 0 aliphatic carbocycles. The minimum Gasteiger partial charge on any atom is -0.490 e. The average molecular weight is 331 g/mol. The lowest BCUT2D eigenvalue weighted by atomic mass is 9.98. The molecule has 2 aliphatic rings. The normalized spacial score (nSPS) is 22.7. The summed E-state index contributed by atoms with van der Waals surface area (Å²) in [6, 6.07) is 4.49. The molecule has 1 fully saturated rings. The Labute approximate surface area is 138 Å². The maximum atomic E-state index is 13.9. The van der Waals surface area contributed by atoms with Gasteiger partial charge in [-0.3, -0.25) is 9.89 Å². The summed E-state index contributed by atoms with van der Waals surface area (Å²) < 4.78 is 24.6. The molecule has 0 bridgehead atoms. The summed E-state index contributed by atoms with van der Waals surface area (Å²) in [5.41, 5.74) is 2.00. The van der Waals surface area contributed by atoms with Crippen molar-refractivity contribution in [2.45, 2.75) is 24.8 Å². The Bertz CT molecular complexity index is 755. The second-order valence-corrected chi connectivity index (χ2v) is 6.08. The van der Waals surface area contributed by atoms with E-state index < -0.39 is 5.82 Å². The first-order valence-electron chi connectivity index (χ1n) is 8.07. The van der Waals surface area contributed by atoms with E-state index in [4.69, 9.17) is 9.47 Å². The van der Waals surface area contributed by atoms with Gasteiger partial charge in [0.25, 0.3) is 5.91 Å². The fourth-order valence-electron chi connectivity index (χ4n) is 3.32. The molecule has 2 atom stereocenters. The van der Waals surface area contributed by atoms with Gasteiger partial charge in [0.05, 0.1) is 36.7 Å². The van der Waals surface area contributed by atoms with Crippen molar-refractivity contribution in [3.8, 4) is 5.75 Å². The van der Waals surface area contributed by atoms with Gasteiger partial charge in [-0.05, 0) is 12.5 Å². The van der Waals surface area contributed by atoms with Gasteiger partial charge >= 0.3 is 0 Å². The van der Waals surface area contributed by atoms with Crippen molar-refractivity contribution in [1.82, 2.24) is 15.5 Å². The van der Waals surface area contributed by atoms with Crippen LogP contribution in [0.3, 0.4) is 0 Å². The Morgan fingerprint density at radius 1 is 1.33 bits per heavy atom. The minimum atomic E-state index is -0.404. The Balaban J connectivity index is 1.56. The first kappa shape index (κ1) is 15.1. The van der Waals surface area contributed by atoms with Crippen LogP contribution in [-0.4, -0.2) is 35.9 Å². The number of hydrogen-bond acceptors (Lipinski definition) is 4. The minimum absolute atomic E-state index is 0.160. The first-order chi connectivity index (χ1) is 11.7. The van der Waals surface area contributed by atoms with Crippen LogP contribution >= 0.6 is 0 Å². The molecule has 4 rings (SSSR count). The lowest BCUT2D eigenvalue weighted by molar-refractivity contribution is 0.0922. The molecule has 1 amide bonds. The van der Waals surface area contributed by atoms with Crippen molar-refractivity contribution in [3.05, 3.63) is 47.0 Å². The van der Waals surface area contributed by atoms with Crippen LogP contribution in [-0.2, 0) is 4.74 Å². The summed E-state index contributed by atoms with van der Waals surface area (Å²) in [4.78, 5) is 12.7. The highest BCUT2D eigenvalue weighted by molar-refractivity contribution is 5.95. The van der Waals surface area contributed by atoms with E-state index in [9.17, 15) is 9.18 Å². The number of halogens is 1. The molecule has 1 aromatic carbocycles. The van der Waals surface area contributed by atoms with E-state index in [1.807, 2.05) is 0 Å². The van der Waals surface area contributed by atoms with Gasteiger partial charge in [0.1, 0.15) is 0 Å². The van der Waals surface area contributed by atoms with Gasteiger partial charge < -0.3 is 14.8 Å². The monoisotopic (exact) mass is 331 g/mol. The van der Waals surface area contributed by atoms with E-state index in [-0.39, 0.29) is 23.6 Å². The molecule has 0 spiro atoms. The van der Waals surface area contributed by atoms with Crippen molar-refractivity contribution in [2.75, 3.05) is 19.8 Å². The first-order valence-corrected chi connectivity index (χ1v) is 8.07. The molecule has 0 saturated carbocycles. The number of H-pyrrole nitrogens is 1. The molecular weight excluding hydrogens is 313 g/mol. The van der Waals surface area contributed by atoms with Crippen molar-refractivity contribution in [3.63, 3.8) is 0 Å². The molecule has 2 unspecified atom stereocenters. The number of ether oxygens (including phenoxy) is 2. The molecule has 1 aromatic heterocycles. The summed E-state index contributed by atoms with van der Waals surface area (Å²) in [5.74, 6) is -0.232. The van der Waals surface area contributed by atoms with Crippen LogP contribution in [0, 0.1) is 5.82 Å². The summed E-state index contributed by atoms with van der Waals surface area (Å²) in [5, 5.41) is 9.91.